The Balaban J connectivity index is 1.46. The van der Waals surface area contributed by atoms with Gasteiger partial charge in [0.25, 0.3) is 5.91 Å². The van der Waals surface area contributed by atoms with Gasteiger partial charge in [0.05, 0.1) is 10.6 Å². The van der Waals surface area contributed by atoms with Crippen molar-refractivity contribution in [3.05, 3.63) is 40.4 Å². The molecule has 8 heteroatoms. The topological polar surface area (TPSA) is 79.4 Å². The summed E-state index contributed by atoms with van der Waals surface area (Å²) in [6.07, 6.45) is 8.30. The lowest BCUT2D eigenvalue weighted by atomic mass is 10.0. The summed E-state index contributed by atoms with van der Waals surface area (Å²) >= 11 is 1.54. The molecule has 1 N–H and O–H groups in total. The van der Waals surface area contributed by atoms with Gasteiger partial charge in [0, 0.05) is 23.5 Å². The lowest BCUT2D eigenvalue weighted by Gasteiger charge is -2.23. The van der Waals surface area contributed by atoms with Crippen LogP contribution in [0.3, 0.4) is 0 Å². The molecule has 150 valence electrons. The molecule has 2 aliphatic carbocycles. The minimum Gasteiger partial charge on any atom is -0.298 e. The number of thiazole rings is 1. The molecule has 1 heterocycles. The first-order chi connectivity index (χ1) is 13.4. The van der Waals surface area contributed by atoms with E-state index in [1.54, 1.807) is 19.2 Å². The van der Waals surface area contributed by atoms with Crippen LogP contribution in [0.15, 0.2) is 29.2 Å². The first kappa shape index (κ1) is 19.5. The number of sulfonamides is 1. The van der Waals surface area contributed by atoms with Gasteiger partial charge in [0.2, 0.25) is 10.0 Å². The van der Waals surface area contributed by atoms with Crippen molar-refractivity contribution in [1.82, 2.24) is 9.29 Å². The van der Waals surface area contributed by atoms with Crippen LogP contribution in [0.4, 0.5) is 5.13 Å². The average molecular weight is 420 g/mol. The predicted octanol–water partition coefficient (Wildman–Crippen LogP) is 3.84. The van der Waals surface area contributed by atoms with Crippen LogP contribution in [0.25, 0.3) is 0 Å². The van der Waals surface area contributed by atoms with Crippen LogP contribution in [-0.4, -0.2) is 36.7 Å². The zero-order valence-electron chi connectivity index (χ0n) is 16.0. The molecule has 1 aromatic heterocycles. The third-order valence-electron chi connectivity index (χ3n) is 5.70. The van der Waals surface area contributed by atoms with E-state index in [0.717, 1.165) is 50.6 Å². The van der Waals surface area contributed by atoms with Crippen LogP contribution < -0.4 is 5.32 Å². The number of rotatable bonds is 5. The van der Waals surface area contributed by atoms with Crippen molar-refractivity contribution < 1.29 is 13.2 Å². The maximum absolute atomic E-state index is 12.8. The van der Waals surface area contributed by atoms with E-state index in [-0.39, 0.29) is 16.8 Å². The molecule has 1 saturated carbocycles. The number of aromatic nitrogens is 1. The summed E-state index contributed by atoms with van der Waals surface area (Å²) in [5, 5.41) is 3.47. The average Bonchev–Trinajstić information content (AvgIpc) is 3.36. The zero-order chi connectivity index (χ0) is 19.7. The third-order valence-corrected chi connectivity index (χ3v) is 8.70. The molecule has 28 heavy (non-hydrogen) atoms. The molecule has 2 aromatic rings. The Morgan fingerprint density at radius 1 is 1.11 bits per heavy atom. The number of anilines is 1. The van der Waals surface area contributed by atoms with E-state index in [1.807, 2.05) is 0 Å². The normalized spacial score (nSPS) is 17.6. The monoisotopic (exact) mass is 419 g/mol. The molecule has 0 radical (unpaired) electrons. The van der Waals surface area contributed by atoms with E-state index in [4.69, 9.17) is 0 Å². The highest BCUT2D eigenvalue weighted by atomic mass is 32.2. The quantitative estimate of drug-likeness (QED) is 0.799. The first-order valence-electron chi connectivity index (χ1n) is 9.83. The number of amides is 1. The van der Waals surface area contributed by atoms with Gasteiger partial charge in [-0.1, -0.05) is 12.8 Å². The fraction of sp³-hybridized carbons (Fsp3) is 0.500. The second kappa shape index (κ2) is 7.93. The lowest BCUT2D eigenvalue weighted by molar-refractivity contribution is 0.102. The molecule has 1 aromatic carbocycles. The fourth-order valence-electron chi connectivity index (χ4n) is 3.98. The van der Waals surface area contributed by atoms with E-state index < -0.39 is 10.0 Å². The van der Waals surface area contributed by atoms with Gasteiger partial charge in [-0.2, -0.15) is 4.31 Å². The van der Waals surface area contributed by atoms with Crippen molar-refractivity contribution >= 4 is 32.4 Å². The SMILES string of the molecule is CN(C1CCCC1)S(=O)(=O)c1ccc(C(=O)Nc2nc3c(s2)CCCC3)cc1. The van der Waals surface area contributed by atoms with E-state index in [9.17, 15) is 13.2 Å². The molecule has 6 nitrogen and oxygen atoms in total. The number of carbonyl (C=O) groups is 1. The van der Waals surface area contributed by atoms with Crippen molar-refractivity contribution in [2.24, 2.45) is 0 Å². The molecule has 1 amide bonds. The van der Waals surface area contributed by atoms with Gasteiger partial charge < -0.3 is 0 Å². The summed E-state index contributed by atoms with van der Waals surface area (Å²) in [5.41, 5.74) is 1.53. The first-order valence-corrected chi connectivity index (χ1v) is 12.1. The van der Waals surface area contributed by atoms with Crippen LogP contribution in [0, 0.1) is 0 Å². The summed E-state index contributed by atoms with van der Waals surface area (Å²) in [5.74, 6) is -0.265. The van der Waals surface area contributed by atoms with Crippen LogP contribution in [-0.2, 0) is 22.9 Å². The highest BCUT2D eigenvalue weighted by molar-refractivity contribution is 7.89. The Bertz CT molecular complexity index is 938. The molecule has 0 saturated heterocycles. The Kier molecular flexibility index (Phi) is 5.53. The fourth-order valence-corrected chi connectivity index (χ4v) is 6.44. The van der Waals surface area contributed by atoms with Gasteiger partial charge >= 0.3 is 0 Å². The van der Waals surface area contributed by atoms with Crippen molar-refractivity contribution in [2.45, 2.75) is 62.3 Å². The van der Waals surface area contributed by atoms with E-state index in [1.165, 1.54) is 39.1 Å². The Morgan fingerprint density at radius 2 is 1.79 bits per heavy atom. The van der Waals surface area contributed by atoms with Crippen molar-refractivity contribution in [2.75, 3.05) is 12.4 Å². The summed E-state index contributed by atoms with van der Waals surface area (Å²) in [6.45, 7) is 0. The molecule has 4 rings (SSSR count). The van der Waals surface area contributed by atoms with Crippen molar-refractivity contribution in [1.29, 1.82) is 0 Å². The standard InChI is InChI=1S/C20H25N3O3S2/c1-23(15-6-2-3-7-15)28(25,26)16-12-10-14(11-13-16)19(24)22-20-21-17-8-4-5-9-18(17)27-20/h10-13,15H,2-9H2,1H3,(H,21,22,24). The minimum absolute atomic E-state index is 0.0731. The molecule has 0 atom stereocenters. The van der Waals surface area contributed by atoms with Crippen LogP contribution >= 0.6 is 11.3 Å². The number of benzene rings is 1. The minimum atomic E-state index is -3.53. The summed E-state index contributed by atoms with van der Waals surface area (Å²) in [6, 6.07) is 6.24. The van der Waals surface area contributed by atoms with Gasteiger partial charge in [0.1, 0.15) is 0 Å². The number of hydrogen-bond donors (Lipinski definition) is 1. The van der Waals surface area contributed by atoms with Crippen LogP contribution in [0.1, 0.15) is 59.5 Å². The molecular weight excluding hydrogens is 394 g/mol. The lowest BCUT2D eigenvalue weighted by Crippen LogP contribution is -2.35. The molecular formula is C20H25N3O3S2. The summed E-state index contributed by atoms with van der Waals surface area (Å²) < 4.78 is 27.1. The van der Waals surface area contributed by atoms with Gasteiger partial charge in [-0.05, 0) is 62.8 Å². The molecule has 0 spiro atoms. The molecule has 1 fully saturated rings. The van der Waals surface area contributed by atoms with Gasteiger partial charge in [0.15, 0.2) is 5.13 Å². The predicted molar refractivity (Wildman–Crippen MR) is 110 cm³/mol. The van der Waals surface area contributed by atoms with Gasteiger partial charge in [-0.3, -0.25) is 10.1 Å². The van der Waals surface area contributed by atoms with Gasteiger partial charge in [-0.15, -0.1) is 11.3 Å². The van der Waals surface area contributed by atoms with Crippen molar-refractivity contribution in [3.8, 4) is 0 Å². The number of nitrogens with one attached hydrogen (secondary N) is 1. The second-order valence-corrected chi connectivity index (χ2v) is 10.6. The number of nitrogens with zero attached hydrogens (tertiary/aromatic N) is 2. The second-order valence-electron chi connectivity index (χ2n) is 7.53. The highest BCUT2D eigenvalue weighted by Gasteiger charge is 2.30. The third kappa shape index (κ3) is 3.86. The number of hydrogen-bond acceptors (Lipinski definition) is 5. The van der Waals surface area contributed by atoms with Gasteiger partial charge in [-0.25, -0.2) is 13.4 Å². The largest absolute Gasteiger partial charge is 0.298 e. The van der Waals surface area contributed by atoms with Crippen LogP contribution in [0.5, 0.6) is 0 Å². The molecule has 0 bridgehead atoms. The van der Waals surface area contributed by atoms with Crippen LogP contribution in [0.2, 0.25) is 0 Å². The molecule has 0 aliphatic heterocycles. The number of aryl methyl sites for hydroxylation is 2. The Hall–Kier alpha value is -1.77. The zero-order valence-corrected chi connectivity index (χ0v) is 17.6. The summed E-state index contributed by atoms with van der Waals surface area (Å²) in [7, 11) is -1.89. The number of carbonyl (C=O) groups excluding carboxylic acids is 1. The van der Waals surface area contributed by atoms with Crippen molar-refractivity contribution in [3.63, 3.8) is 0 Å². The van der Waals surface area contributed by atoms with E-state index >= 15 is 0 Å². The molecule has 0 unspecified atom stereocenters. The Labute approximate surface area is 170 Å². The van der Waals surface area contributed by atoms with E-state index in [0.29, 0.717) is 10.7 Å². The smallest absolute Gasteiger partial charge is 0.257 e. The molecule has 2 aliphatic rings. The highest BCUT2D eigenvalue weighted by Crippen LogP contribution is 2.30. The maximum Gasteiger partial charge on any atom is 0.257 e. The van der Waals surface area contributed by atoms with E-state index in [2.05, 4.69) is 10.3 Å². The maximum atomic E-state index is 12.8. The summed E-state index contributed by atoms with van der Waals surface area (Å²) in [4.78, 5) is 18.5. The Morgan fingerprint density at radius 3 is 2.46 bits per heavy atom. The number of fused-ring (bicyclic) bond motifs is 1.